The molecule has 1 aromatic rings. The molecule has 24 heavy (non-hydrogen) atoms. The largest absolute Gasteiger partial charge is 0.480 e. The molecule has 7 heteroatoms. The maximum Gasteiger partial charge on any atom is 0.326 e. The molecule has 0 spiro atoms. The molecule has 3 unspecified atom stereocenters. The van der Waals surface area contributed by atoms with Crippen LogP contribution in [0.3, 0.4) is 0 Å². The van der Waals surface area contributed by atoms with Crippen LogP contribution in [0.4, 0.5) is 5.69 Å². The zero-order valence-corrected chi connectivity index (χ0v) is 14.0. The molecular formula is C17H19ClN2O4. The predicted octanol–water partition coefficient (Wildman–Crippen LogP) is 2.62. The number of anilines is 1. The van der Waals surface area contributed by atoms with E-state index in [0.717, 1.165) is 19.3 Å². The van der Waals surface area contributed by atoms with Crippen LogP contribution in [-0.4, -0.2) is 40.4 Å². The quantitative estimate of drug-likeness (QED) is 0.877. The van der Waals surface area contributed by atoms with Crippen molar-refractivity contribution >= 4 is 35.1 Å². The molecule has 2 amide bonds. The van der Waals surface area contributed by atoms with Gasteiger partial charge in [0.1, 0.15) is 6.04 Å². The van der Waals surface area contributed by atoms with Crippen LogP contribution in [0, 0.1) is 11.8 Å². The number of carboxylic acid groups (broad SMARTS) is 1. The molecule has 3 rings (SSSR count). The lowest BCUT2D eigenvalue weighted by molar-refractivity contribution is -0.142. The molecular weight excluding hydrogens is 332 g/mol. The number of nitrogens with one attached hydrogen (secondary N) is 1. The summed E-state index contributed by atoms with van der Waals surface area (Å²) < 4.78 is 0. The number of carbonyl (C=O) groups is 3. The molecule has 1 heterocycles. The van der Waals surface area contributed by atoms with Gasteiger partial charge >= 0.3 is 5.97 Å². The van der Waals surface area contributed by atoms with Gasteiger partial charge in [0.05, 0.1) is 10.6 Å². The highest BCUT2D eigenvalue weighted by molar-refractivity contribution is 6.34. The molecule has 128 valence electrons. The Morgan fingerprint density at radius 2 is 2.04 bits per heavy atom. The first-order valence-electron chi connectivity index (χ1n) is 7.99. The lowest BCUT2D eigenvalue weighted by atomic mass is 9.94. The summed E-state index contributed by atoms with van der Waals surface area (Å²) in [5.41, 5.74) is 0.677. The molecule has 0 bridgehead atoms. The first-order valence-corrected chi connectivity index (χ1v) is 8.37. The highest BCUT2D eigenvalue weighted by atomic mass is 35.5. The van der Waals surface area contributed by atoms with E-state index in [2.05, 4.69) is 5.32 Å². The summed E-state index contributed by atoms with van der Waals surface area (Å²) in [6, 6.07) is 3.84. The number of likely N-dealkylation sites (tertiary alicyclic amines) is 1. The molecule has 2 aliphatic rings. The molecule has 1 aliphatic carbocycles. The number of carbonyl (C=O) groups excluding carboxylic acids is 2. The number of fused-ring (bicyclic) bond motifs is 1. The Labute approximate surface area is 144 Å². The van der Waals surface area contributed by atoms with Gasteiger partial charge in [-0.05, 0) is 42.9 Å². The lowest BCUT2D eigenvalue weighted by Gasteiger charge is -2.25. The van der Waals surface area contributed by atoms with Crippen LogP contribution in [0.15, 0.2) is 18.2 Å². The van der Waals surface area contributed by atoms with Gasteiger partial charge in [-0.2, -0.15) is 0 Å². The zero-order chi connectivity index (χ0) is 17.4. The summed E-state index contributed by atoms with van der Waals surface area (Å²) in [5.74, 6) is -1.35. The lowest BCUT2D eigenvalue weighted by Crippen LogP contribution is -2.43. The monoisotopic (exact) mass is 350 g/mol. The molecule has 1 aliphatic heterocycles. The highest BCUT2D eigenvalue weighted by Gasteiger charge is 2.49. The van der Waals surface area contributed by atoms with E-state index < -0.39 is 17.9 Å². The number of benzene rings is 1. The average molecular weight is 351 g/mol. The molecule has 6 nitrogen and oxygen atoms in total. The molecule has 0 aromatic heterocycles. The van der Waals surface area contributed by atoms with E-state index in [1.54, 1.807) is 6.07 Å². The van der Waals surface area contributed by atoms with E-state index in [9.17, 15) is 19.5 Å². The third-order valence-electron chi connectivity index (χ3n) is 4.92. The van der Waals surface area contributed by atoms with Crippen molar-refractivity contribution in [3.63, 3.8) is 0 Å². The number of rotatable bonds is 3. The van der Waals surface area contributed by atoms with Gasteiger partial charge in [0.15, 0.2) is 0 Å². The molecule has 3 atom stereocenters. The summed E-state index contributed by atoms with van der Waals surface area (Å²) in [5, 5.41) is 12.4. The smallest absolute Gasteiger partial charge is 0.326 e. The van der Waals surface area contributed by atoms with E-state index in [4.69, 9.17) is 11.6 Å². The second-order valence-corrected chi connectivity index (χ2v) is 6.88. The molecule has 0 radical (unpaired) electrons. The van der Waals surface area contributed by atoms with Gasteiger partial charge in [-0.3, -0.25) is 9.59 Å². The van der Waals surface area contributed by atoms with Crippen LogP contribution in [0.2, 0.25) is 5.02 Å². The molecule has 1 aromatic carbocycles. The van der Waals surface area contributed by atoms with Crippen molar-refractivity contribution in [1.29, 1.82) is 0 Å². The van der Waals surface area contributed by atoms with E-state index in [0.29, 0.717) is 12.2 Å². The summed E-state index contributed by atoms with van der Waals surface area (Å²) in [6.45, 7) is 1.82. The average Bonchev–Trinajstić information content (AvgIpc) is 3.07. The Hall–Kier alpha value is -2.08. The van der Waals surface area contributed by atoms with Crippen molar-refractivity contribution in [3.8, 4) is 0 Å². The topological polar surface area (TPSA) is 86.7 Å². The van der Waals surface area contributed by atoms with Crippen molar-refractivity contribution < 1.29 is 19.5 Å². The Morgan fingerprint density at radius 1 is 1.29 bits per heavy atom. The van der Waals surface area contributed by atoms with Crippen LogP contribution in [0.25, 0.3) is 0 Å². The summed E-state index contributed by atoms with van der Waals surface area (Å²) in [7, 11) is 0. The Kier molecular flexibility index (Phi) is 4.49. The number of nitrogens with zero attached hydrogens (tertiary/aromatic N) is 1. The molecule has 2 N–H and O–H groups in total. The maximum absolute atomic E-state index is 12.9. The van der Waals surface area contributed by atoms with E-state index in [1.165, 1.54) is 24.0 Å². The van der Waals surface area contributed by atoms with Crippen molar-refractivity contribution in [2.45, 2.75) is 32.2 Å². The number of hydrogen-bond acceptors (Lipinski definition) is 3. The Balaban J connectivity index is 1.90. The SMILES string of the molecule is CC(=O)Nc1ccc(Cl)c(C(=O)N2CC3CCCC3C2C(=O)O)c1. The van der Waals surface area contributed by atoms with Crippen LogP contribution >= 0.6 is 11.6 Å². The number of halogens is 1. The second kappa shape index (κ2) is 6.43. The normalized spacial score (nSPS) is 25.4. The maximum atomic E-state index is 12.9. The fraction of sp³-hybridized carbons (Fsp3) is 0.471. The van der Waals surface area contributed by atoms with Crippen molar-refractivity contribution in [3.05, 3.63) is 28.8 Å². The zero-order valence-electron chi connectivity index (χ0n) is 13.3. The van der Waals surface area contributed by atoms with Gasteiger partial charge in [-0.15, -0.1) is 0 Å². The minimum Gasteiger partial charge on any atom is -0.480 e. The number of carboxylic acids is 1. The summed E-state index contributed by atoms with van der Waals surface area (Å²) in [6.07, 6.45) is 2.81. The van der Waals surface area contributed by atoms with Crippen molar-refractivity contribution in [2.75, 3.05) is 11.9 Å². The minimum absolute atomic E-state index is 0.0174. The fourth-order valence-electron chi connectivity index (χ4n) is 3.96. The third-order valence-corrected chi connectivity index (χ3v) is 5.25. The number of aliphatic carboxylic acids is 1. The van der Waals surface area contributed by atoms with Gasteiger partial charge in [-0.1, -0.05) is 18.0 Å². The fourth-order valence-corrected chi connectivity index (χ4v) is 4.15. The molecule has 1 saturated carbocycles. The van der Waals surface area contributed by atoms with Crippen LogP contribution in [0.5, 0.6) is 0 Å². The van der Waals surface area contributed by atoms with Crippen molar-refractivity contribution in [2.24, 2.45) is 11.8 Å². The molecule has 2 fully saturated rings. The van der Waals surface area contributed by atoms with Gasteiger partial charge < -0.3 is 15.3 Å². The summed E-state index contributed by atoms with van der Waals surface area (Å²) in [4.78, 5) is 37.2. The first kappa shape index (κ1) is 16.8. The number of hydrogen-bond donors (Lipinski definition) is 2. The van der Waals surface area contributed by atoms with Crippen LogP contribution in [0.1, 0.15) is 36.5 Å². The third kappa shape index (κ3) is 2.98. The minimum atomic E-state index is -0.966. The van der Waals surface area contributed by atoms with E-state index >= 15 is 0 Å². The Bertz CT molecular complexity index is 706. The standard InChI is InChI=1S/C17H19ClN2O4/c1-9(21)19-11-5-6-14(18)13(7-11)16(22)20-8-10-3-2-4-12(10)15(20)17(23)24/h5-7,10,12,15H,2-4,8H2,1H3,(H,19,21)(H,23,24). The number of amides is 2. The van der Waals surface area contributed by atoms with Crippen LogP contribution in [-0.2, 0) is 9.59 Å². The summed E-state index contributed by atoms with van der Waals surface area (Å²) >= 11 is 6.15. The van der Waals surface area contributed by atoms with E-state index in [-0.39, 0.29) is 28.3 Å². The van der Waals surface area contributed by atoms with Gasteiger partial charge in [0.25, 0.3) is 5.91 Å². The van der Waals surface area contributed by atoms with Gasteiger partial charge in [0, 0.05) is 19.2 Å². The molecule has 1 saturated heterocycles. The van der Waals surface area contributed by atoms with Gasteiger partial charge in [0.2, 0.25) is 5.91 Å². The van der Waals surface area contributed by atoms with Crippen LogP contribution < -0.4 is 5.32 Å². The Morgan fingerprint density at radius 3 is 2.71 bits per heavy atom. The second-order valence-electron chi connectivity index (χ2n) is 6.47. The predicted molar refractivity (Wildman–Crippen MR) is 89.0 cm³/mol. The van der Waals surface area contributed by atoms with Gasteiger partial charge in [-0.25, -0.2) is 4.79 Å². The first-order chi connectivity index (χ1) is 11.4. The van der Waals surface area contributed by atoms with Crippen molar-refractivity contribution in [1.82, 2.24) is 4.90 Å². The highest BCUT2D eigenvalue weighted by Crippen LogP contribution is 2.43. The van der Waals surface area contributed by atoms with E-state index in [1.807, 2.05) is 0 Å².